The number of halogens is 1. The average Bonchev–Trinajstić information content (AvgIpc) is 2.41. The van der Waals surface area contributed by atoms with Crippen LogP contribution >= 0.6 is 11.6 Å². The molecular weight excluding hydrogens is 248 g/mol. The van der Waals surface area contributed by atoms with Crippen molar-refractivity contribution < 1.29 is 4.74 Å². The third-order valence-corrected chi connectivity index (χ3v) is 4.15. The normalized spacial score (nSPS) is 23.9. The lowest BCUT2D eigenvalue weighted by Crippen LogP contribution is -2.25. The summed E-state index contributed by atoms with van der Waals surface area (Å²) in [6.45, 7) is 2.66. The Morgan fingerprint density at radius 2 is 2.33 bits per heavy atom. The molecule has 0 amide bonds. The van der Waals surface area contributed by atoms with E-state index in [4.69, 9.17) is 22.1 Å². The van der Waals surface area contributed by atoms with Gasteiger partial charge in [-0.05, 0) is 36.8 Å². The standard InChI is InChI=1S/C14H21ClN2O/c1-2-10-4-3-5-12(8-10)18-14-13(15)11(9-16)6-7-17-14/h6-7,10,12H,2-5,8-9,16H2,1H3. The van der Waals surface area contributed by atoms with Crippen molar-refractivity contribution in [1.82, 2.24) is 4.98 Å². The van der Waals surface area contributed by atoms with Crippen molar-refractivity contribution in [3.05, 3.63) is 22.8 Å². The lowest BCUT2D eigenvalue weighted by atomic mass is 9.85. The number of pyridine rings is 1. The Morgan fingerprint density at radius 3 is 3.06 bits per heavy atom. The second-order valence-electron chi connectivity index (χ2n) is 4.97. The van der Waals surface area contributed by atoms with Crippen LogP contribution < -0.4 is 10.5 Å². The zero-order valence-electron chi connectivity index (χ0n) is 10.9. The zero-order valence-corrected chi connectivity index (χ0v) is 11.6. The quantitative estimate of drug-likeness (QED) is 0.909. The van der Waals surface area contributed by atoms with E-state index in [2.05, 4.69) is 11.9 Å². The van der Waals surface area contributed by atoms with E-state index in [1.807, 2.05) is 6.07 Å². The van der Waals surface area contributed by atoms with E-state index >= 15 is 0 Å². The smallest absolute Gasteiger partial charge is 0.233 e. The van der Waals surface area contributed by atoms with Gasteiger partial charge in [0.25, 0.3) is 0 Å². The average molecular weight is 269 g/mol. The molecule has 2 unspecified atom stereocenters. The highest BCUT2D eigenvalue weighted by atomic mass is 35.5. The second-order valence-corrected chi connectivity index (χ2v) is 5.35. The fraction of sp³-hybridized carbons (Fsp3) is 0.643. The number of hydrogen-bond donors (Lipinski definition) is 1. The maximum absolute atomic E-state index is 6.23. The van der Waals surface area contributed by atoms with Gasteiger partial charge in [-0.3, -0.25) is 0 Å². The monoisotopic (exact) mass is 268 g/mol. The molecule has 0 radical (unpaired) electrons. The Bertz CT molecular complexity index is 397. The van der Waals surface area contributed by atoms with Gasteiger partial charge in [-0.2, -0.15) is 0 Å². The van der Waals surface area contributed by atoms with Crippen LogP contribution in [-0.4, -0.2) is 11.1 Å². The predicted octanol–water partition coefficient (Wildman–Crippen LogP) is 3.54. The summed E-state index contributed by atoms with van der Waals surface area (Å²) in [5.41, 5.74) is 6.52. The molecule has 1 aliphatic carbocycles. The summed E-state index contributed by atoms with van der Waals surface area (Å²) < 4.78 is 5.96. The molecule has 18 heavy (non-hydrogen) atoms. The topological polar surface area (TPSA) is 48.1 Å². The SMILES string of the molecule is CCC1CCCC(Oc2nccc(CN)c2Cl)C1. The van der Waals surface area contributed by atoms with Gasteiger partial charge >= 0.3 is 0 Å². The minimum atomic E-state index is 0.252. The van der Waals surface area contributed by atoms with Crippen LogP contribution in [0.3, 0.4) is 0 Å². The van der Waals surface area contributed by atoms with Gasteiger partial charge in [0.1, 0.15) is 11.1 Å². The van der Waals surface area contributed by atoms with Gasteiger partial charge in [0.2, 0.25) is 5.88 Å². The molecule has 1 aliphatic rings. The summed E-state index contributed by atoms with van der Waals surface area (Å²) in [5.74, 6) is 1.32. The molecule has 1 aromatic heterocycles. The molecule has 1 fully saturated rings. The molecule has 0 bridgehead atoms. The van der Waals surface area contributed by atoms with E-state index in [0.717, 1.165) is 24.3 Å². The number of nitrogens with zero attached hydrogens (tertiary/aromatic N) is 1. The highest BCUT2D eigenvalue weighted by Gasteiger charge is 2.23. The van der Waals surface area contributed by atoms with Gasteiger partial charge in [-0.15, -0.1) is 0 Å². The maximum Gasteiger partial charge on any atom is 0.233 e. The third kappa shape index (κ3) is 3.15. The molecule has 0 spiro atoms. The van der Waals surface area contributed by atoms with E-state index in [-0.39, 0.29) is 6.10 Å². The lowest BCUT2D eigenvalue weighted by molar-refractivity contribution is 0.117. The summed E-state index contributed by atoms with van der Waals surface area (Å²) in [7, 11) is 0. The van der Waals surface area contributed by atoms with E-state index in [9.17, 15) is 0 Å². The molecule has 100 valence electrons. The fourth-order valence-electron chi connectivity index (χ4n) is 2.58. The molecule has 0 aliphatic heterocycles. The molecule has 4 heteroatoms. The molecule has 2 rings (SSSR count). The van der Waals surface area contributed by atoms with Gasteiger partial charge in [0.15, 0.2) is 0 Å². The van der Waals surface area contributed by atoms with E-state index in [1.54, 1.807) is 6.20 Å². The minimum absolute atomic E-state index is 0.252. The van der Waals surface area contributed by atoms with Gasteiger partial charge in [0.05, 0.1) is 0 Å². The van der Waals surface area contributed by atoms with Crippen molar-refractivity contribution in [2.75, 3.05) is 0 Å². The molecular formula is C14H21ClN2O. The molecule has 1 saturated carbocycles. The Balaban J connectivity index is 2.04. The lowest BCUT2D eigenvalue weighted by Gasteiger charge is -2.28. The predicted molar refractivity (Wildman–Crippen MR) is 73.8 cm³/mol. The van der Waals surface area contributed by atoms with Crippen LogP contribution in [0.4, 0.5) is 0 Å². The first-order valence-electron chi connectivity index (χ1n) is 6.74. The molecule has 0 aromatic carbocycles. The highest BCUT2D eigenvalue weighted by Crippen LogP contribution is 2.32. The van der Waals surface area contributed by atoms with Crippen LogP contribution in [0.1, 0.15) is 44.6 Å². The largest absolute Gasteiger partial charge is 0.473 e. The maximum atomic E-state index is 6.23. The third-order valence-electron chi connectivity index (χ3n) is 3.75. The van der Waals surface area contributed by atoms with Crippen LogP contribution in [0.15, 0.2) is 12.3 Å². The van der Waals surface area contributed by atoms with Crippen molar-refractivity contribution in [3.8, 4) is 5.88 Å². The van der Waals surface area contributed by atoms with Crippen molar-refractivity contribution in [2.45, 2.75) is 51.7 Å². The van der Waals surface area contributed by atoms with E-state index < -0.39 is 0 Å². The summed E-state index contributed by atoms with van der Waals surface area (Å²) in [6, 6.07) is 1.84. The van der Waals surface area contributed by atoms with Crippen molar-refractivity contribution in [2.24, 2.45) is 11.7 Å². The van der Waals surface area contributed by atoms with Gasteiger partial charge < -0.3 is 10.5 Å². The van der Waals surface area contributed by atoms with Crippen LogP contribution in [0.25, 0.3) is 0 Å². The van der Waals surface area contributed by atoms with Gasteiger partial charge in [-0.1, -0.05) is 31.4 Å². The van der Waals surface area contributed by atoms with Gasteiger partial charge in [0, 0.05) is 12.7 Å². The Labute approximate surface area is 114 Å². The van der Waals surface area contributed by atoms with E-state index in [0.29, 0.717) is 17.4 Å². The fourth-order valence-corrected chi connectivity index (χ4v) is 2.81. The number of ether oxygens (including phenoxy) is 1. The molecule has 0 saturated heterocycles. The minimum Gasteiger partial charge on any atom is -0.473 e. The number of rotatable bonds is 4. The molecule has 3 nitrogen and oxygen atoms in total. The Kier molecular flexibility index (Phi) is 4.84. The Morgan fingerprint density at radius 1 is 1.50 bits per heavy atom. The van der Waals surface area contributed by atoms with Gasteiger partial charge in [-0.25, -0.2) is 4.98 Å². The molecule has 1 aromatic rings. The second kappa shape index (κ2) is 6.39. The van der Waals surface area contributed by atoms with Crippen LogP contribution in [0.5, 0.6) is 5.88 Å². The first-order valence-corrected chi connectivity index (χ1v) is 7.12. The first kappa shape index (κ1) is 13.6. The number of aromatic nitrogens is 1. The van der Waals surface area contributed by atoms with E-state index in [1.165, 1.54) is 19.3 Å². The summed E-state index contributed by atoms with van der Waals surface area (Å²) in [6.07, 6.45) is 7.95. The summed E-state index contributed by atoms with van der Waals surface area (Å²) in [4.78, 5) is 4.22. The molecule has 2 atom stereocenters. The first-order chi connectivity index (χ1) is 8.74. The van der Waals surface area contributed by atoms with Crippen molar-refractivity contribution in [3.63, 3.8) is 0 Å². The van der Waals surface area contributed by atoms with Crippen LogP contribution in [0.2, 0.25) is 5.02 Å². The molecule has 2 N–H and O–H groups in total. The van der Waals surface area contributed by atoms with Crippen LogP contribution in [-0.2, 0) is 6.54 Å². The summed E-state index contributed by atoms with van der Waals surface area (Å²) >= 11 is 6.23. The molecule has 1 heterocycles. The summed E-state index contributed by atoms with van der Waals surface area (Å²) in [5, 5.41) is 0.568. The van der Waals surface area contributed by atoms with Crippen LogP contribution in [0, 0.1) is 5.92 Å². The van der Waals surface area contributed by atoms with Crippen molar-refractivity contribution >= 4 is 11.6 Å². The highest BCUT2D eigenvalue weighted by molar-refractivity contribution is 6.32. The number of nitrogens with two attached hydrogens (primary N) is 1. The van der Waals surface area contributed by atoms with Crippen molar-refractivity contribution in [1.29, 1.82) is 0 Å². The Hall–Kier alpha value is -0.800. The number of hydrogen-bond acceptors (Lipinski definition) is 3. The zero-order chi connectivity index (χ0) is 13.0.